The van der Waals surface area contributed by atoms with Crippen molar-refractivity contribution in [2.45, 2.75) is 46.1 Å². The average Bonchev–Trinajstić information content (AvgIpc) is 2.89. The predicted octanol–water partition coefficient (Wildman–Crippen LogP) is 5.60. The maximum Gasteiger partial charge on any atom is 0.332 e. The number of hydrogen-bond donors (Lipinski definition) is 0. The highest BCUT2D eigenvalue weighted by atomic mass is 16.2. The van der Waals surface area contributed by atoms with Gasteiger partial charge in [0.2, 0.25) is 0 Å². The van der Waals surface area contributed by atoms with Gasteiger partial charge in [-0.15, -0.1) is 0 Å². The Kier molecular flexibility index (Phi) is 5.57. The fourth-order valence-electron chi connectivity index (χ4n) is 4.61. The van der Waals surface area contributed by atoms with Gasteiger partial charge in [0.25, 0.3) is 5.91 Å². The maximum absolute atomic E-state index is 13.5. The number of carbonyl (C=O) groups excluding carboxylic acids is 2. The lowest BCUT2D eigenvalue weighted by Gasteiger charge is -2.32. The number of amides is 3. The molecule has 1 heterocycles. The Morgan fingerprint density at radius 1 is 1.00 bits per heavy atom. The highest BCUT2D eigenvalue weighted by Gasteiger charge is 2.52. The molecule has 1 aliphatic heterocycles. The van der Waals surface area contributed by atoms with Gasteiger partial charge in [0.15, 0.2) is 0 Å². The molecule has 0 aromatic heterocycles. The lowest BCUT2D eigenvalue weighted by molar-refractivity contribution is -0.123. The van der Waals surface area contributed by atoms with E-state index in [1.165, 1.54) is 16.0 Å². The molecule has 0 saturated carbocycles. The van der Waals surface area contributed by atoms with E-state index in [2.05, 4.69) is 42.5 Å². The highest BCUT2D eigenvalue weighted by Crippen LogP contribution is 2.35. The number of rotatable bonds is 5. The van der Waals surface area contributed by atoms with Gasteiger partial charge in [-0.25, -0.2) is 9.69 Å². The number of anilines is 1. The zero-order valence-electron chi connectivity index (χ0n) is 18.8. The number of benzene rings is 2. The highest BCUT2D eigenvalue weighted by molar-refractivity contribution is 6.23. The van der Waals surface area contributed by atoms with Crippen molar-refractivity contribution >= 4 is 17.6 Å². The van der Waals surface area contributed by atoms with Crippen molar-refractivity contribution in [3.8, 4) is 0 Å². The molecule has 4 nitrogen and oxygen atoms in total. The third-order valence-electron chi connectivity index (χ3n) is 6.35. The summed E-state index contributed by atoms with van der Waals surface area (Å²) in [7, 11) is 0. The van der Waals surface area contributed by atoms with Gasteiger partial charge < -0.3 is 4.90 Å². The topological polar surface area (TPSA) is 40.6 Å². The number of allylic oxidation sites excluding steroid dienone is 3. The van der Waals surface area contributed by atoms with Crippen molar-refractivity contribution < 1.29 is 9.59 Å². The summed E-state index contributed by atoms with van der Waals surface area (Å²) in [4.78, 5) is 29.9. The summed E-state index contributed by atoms with van der Waals surface area (Å²) < 4.78 is 0. The van der Waals surface area contributed by atoms with E-state index in [1.807, 2.05) is 52.0 Å². The quantitative estimate of drug-likeness (QED) is 0.598. The van der Waals surface area contributed by atoms with Crippen molar-refractivity contribution in [3.05, 3.63) is 89.0 Å². The van der Waals surface area contributed by atoms with Gasteiger partial charge in [-0.1, -0.05) is 54.6 Å². The van der Waals surface area contributed by atoms with E-state index in [1.54, 1.807) is 4.90 Å². The minimum Gasteiger partial charge on any atom is -0.306 e. The van der Waals surface area contributed by atoms with Gasteiger partial charge in [0.05, 0.1) is 5.69 Å². The zero-order chi connectivity index (χ0) is 22.2. The van der Waals surface area contributed by atoms with E-state index >= 15 is 0 Å². The minimum atomic E-state index is -0.895. The van der Waals surface area contributed by atoms with Crippen molar-refractivity contribution in [1.29, 1.82) is 0 Å². The molecule has 31 heavy (non-hydrogen) atoms. The van der Waals surface area contributed by atoms with Crippen LogP contribution in [0.3, 0.4) is 0 Å². The summed E-state index contributed by atoms with van der Waals surface area (Å²) >= 11 is 0. The van der Waals surface area contributed by atoms with Crippen molar-refractivity contribution in [1.82, 2.24) is 4.90 Å². The standard InChI is InChI=1S/C27H30N2O2/c1-19-14-20(2)16-24(15-19)29-25(30)27(3,4)28(26(29)31)18-23-13-9-8-12-22(23)17-21-10-6-5-7-11-21/h5-11,13-16,22H,12,17-18H2,1-4H3. The molecule has 2 aliphatic rings. The summed E-state index contributed by atoms with van der Waals surface area (Å²) in [5.74, 6) is 0.149. The fourth-order valence-corrected chi connectivity index (χ4v) is 4.61. The first-order valence-corrected chi connectivity index (χ1v) is 10.9. The van der Waals surface area contributed by atoms with Gasteiger partial charge in [0, 0.05) is 6.54 Å². The number of imide groups is 1. The second-order valence-corrected chi connectivity index (χ2v) is 9.21. The first-order valence-electron chi connectivity index (χ1n) is 10.9. The molecule has 1 atom stereocenters. The summed E-state index contributed by atoms with van der Waals surface area (Å²) in [6.07, 6.45) is 8.23. The van der Waals surface area contributed by atoms with Crippen molar-refractivity contribution in [2.75, 3.05) is 11.4 Å². The molecule has 0 spiro atoms. The molecule has 1 unspecified atom stereocenters. The number of urea groups is 1. The molecule has 1 aliphatic carbocycles. The van der Waals surface area contributed by atoms with Crippen LogP contribution in [0.2, 0.25) is 0 Å². The van der Waals surface area contributed by atoms with Gasteiger partial charge in [-0.2, -0.15) is 0 Å². The maximum atomic E-state index is 13.5. The fraction of sp³-hybridized carbons (Fsp3) is 0.333. The van der Waals surface area contributed by atoms with Gasteiger partial charge in [-0.05, 0) is 80.9 Å². The molecule has 160 valence electrons. The Hall–Kier alpha value is -3.14. The average molecular weight is 415 g/mol. The number of nitrogens with zero attached hydrogens (tertiary/aromatic N) is 2. The van der Waals surface area contributed by atoms with E-state index in [4.69, 9.17) is 0 Å². The molecule has 4 rings (SSSR count). The molecule has 4 heteroatoms. The second kappa shape index (κ2) is 8.18. The van der Waals surface area contributed by atoms with Crippen LogP contribution in [0.25, 0.3) is 0 Å². The van der Waals surface area contributed by atoms with Gasteiger partial charge >= 0.3 is 6.03 Å². The number of aryl methyl sites for hydroxylation is 2. The molecule has 0 radical (unpaired) electrons. The summed E-state index contributed by atoms with van der Waals surface area (Å²) in [5.41, 5.74) is 4.32. The van der Waals surface area contributed by atoms with E-state index in [-0.39, 0.29) is 11.9 Å². The third kappa shape index (κ3) is 4.07. The first-order chi connectivity index (χ1) is 14.8. The van der Waals surface area contributed by atoms with E-state index in [9.17, 15) is 9.59 Å². The smallest absolute Gasteiger partial charge is 0.306 e. The monoisotopic (exact) mass is 414 g/mol. The molecule has 0 bridgehead atoms. The Balaban J connectivity index is 1.61. The second-order valence-electron chi connectivity index (χ2n) is 9.21. The Morgan fingerprint density at radius 2 is 1.68 bits per heavy atom. The van der Waals surface area contributed by atoms with Crippen LogP contribution in [0.1, 0.15) is 37.0 Å². The molecule has 0 N–H and O–H groups in total. The predicted molar refractivity (Wildman–Crippen MR) is 125 cm³/mol. The van der Waals surface area contributed by atoms with Crippen molar-refractivity contribution in [2.24, 2.45) is 5.92 Å². The molecule has 2 aromatic rings. The summed E-state index contributed by atoms with van der Waals surface area (Å²) in [6.45, 7) is 8.12. The summed E-state index contributed by atoms with van der Waals surface area (Å²) in [6, 6.07) is 16.1. The lowest BCUT2D eigenvalue weighted by Crippen LogP contribution is -2.45. The normalized spacial score (nSPS) is 20.4. The molecule has 1 fully saturated rings. The van der Waals surface area contributed by atoms with Gasteiger partial charge in [0.1, 0.15) is 5.54 Å². The van der Waals surface area contributed by atoms with Gasteiger partial charge in [-0.3, -0.25) is 4.79 Å². The van der Waals surface area contributed by atoms with Crippen LogP contribution in [0.5, 0.6) is 0 Å². The van der Waals surface area contributed by atoms with Crippen LogP contribution in [0.4, 0.5) is 10.5 Å². The third-order valence-corrected chi connectivity index (χ3v) is 6.35. The molecular formula is C27H30N2O2. The van der Waals surface area contributed by atoms with E-state index in [0.29, 0.717) is 18.2 Å². The number of hydrogen-bond acceptors (Lipinski definition) is 2. The van der Waals surface area contributed by atoms with Crippen LogP contribution >= 0.6 is 0 Å². The largest absolute Gasteiger partial charge is 0.332 e. The zero-order valence-corrected chi connectivity index (χ0v) is 18.8. The van der Waals surface area contributed by atoms with Crippen LogP contribution in [-0.2, 0) is 11.2 Å². The molecular weight excluding hydrogens is 384 g/mol. The molecule has 3 amide bonds. The van der Waals surface area contributed by atoms with Crippen LogP contribution in [0.15, 0.2) is 72.3 Å². The van der Waals surface area contributed by atoms with E-state index < -0.39 is 5.54 Å². The first kappa shape index (κ1) is 21.1. The molecule has 2 aromatic carbocycles. The lowest BCUT2D eigenvalue weighted by atomic mass is 9.85. The van der Waals surface area contributed by atoms with Crippen molar-refractivity contribution in [3.63, 3.8) is 0 Å². The van der Waals surface area contributed by atoms with E-state index in [0.717, 1.165) is 24.0 Å². The minimum absolute atomic E-state index is 0.172. The van der Waals surface area contributed by atoms with Crippen LogP contribution < -0.4 is 4.90 Å². The Morgan fingerprint density at radius 3 is 2.35 bits per heavy atom. The summed E-state index contributed by atoms with van der Waals surface area (Å²) in [5, 5.41) is 0. The number of carbonyl (C=O) groups is 2. The Labute approximate surface area is 184 Å². The Bertz CT molecular complexity index is 1050. The molecule has 1 saturated heterocycles. The van der Waals surface area contributed by atoms with Crippen LogP contribution in [0, 0.1) is 19.8 Å². The SMILES string of the molecule is Cc1cc(C)cc(N2C(=O)N(CC3=CC=CCC3Cc3ccccc3)C(C)(C)C2=O)c1. The van der Waals surface area contributed by atoms with Crippen LogP contribution in [-0.4, -0.2) is 28.9 Å².